The van der Waals surface area contributed by atoms with Crippen LogP contribution in [0.4, 0.5) is 8.78 Å². The molecule has 1 aromatic carbocycles. The van der Waals surface area contributed by atoms with Gasteiger partial charge in [-0.05, 0) is 24.1 Å². The Labute approximate surface area is 173 Å². The van der Waals surface area contributed by atoms with Crippen LogP contribution in [0.2, 0.25) is 5.02 Å². The predicted molar refractivity (Wildman–Crippen MR) is 109 cm³/mol. The highest BCUT2D eigenvalue weighted by atomic mass is 127. The van der Waals surface area contributed by atoms with Gasteiger partial charge in [0.1, 0.15) is 11.6 Å². The van der Waals surface area contributed by atoms with Gasteiger partial charge in [0.15, 0.2) is 5.96 Å². The average molecular weight is 500 g/mol. The van der Waals surface area contributed by atoms with E-state index in [2.05, 4.69) is 20.6 Å². The molecule has 0 radical (unpaired) electrons. The maximum Gasteiger partial charge on any atom is 0.319 e. The van der Waals surface area contributed by atoms with E-state index in [1.165, 1.54) is 12.4 Å². The van der Waals surface area contributed by atoms with E-state index in [1.807, 2.05) is 12.1 Å². The fourth-order valence-corrected chi connectivity index (χ4v) is 2.48. The summed E-state index contributed by atoms with van der Waals surface area (Å²) in [6.07, 6.45) is 3.25. The molecule has 2 N–H and O–H groups in total. The third-order valence-electron chi connectivity index (χ3n) is 3.54. The van der Waals surface area contributed by atoms with Crippen LogP contribution in [0.15, 0.2) is 35.6 Å². The maximum absolute atomic E-state index is 12.8. The van der Waals surface area contributed by atoms with E-state index in [1.54, 1.807) is 20.2 Å². The molecular weight excluding hydrogens is 479 g/mol. The maximum atomic E-state index is 12.8. The second kappa shape index (κ2) is 11.2. The van der Waals surface area contributed by atoms with Crippen molar-refractivity contribution in [2.75, 3.05) is 20.7 Å². The Morgan fingerprint density at radius 1 is 1.38 bits per heavy atom. The normalized spacial score (nSPS) is 11.2. The summed E-state index contributed by atoms with van der Waals surface area (Å²) in [6, 6.07) is 5.51. The summed E-state index contributed by atoms with van der Waals surface area (Å²) in [5.41, 5.74) is 0.971. The minimum absolute atomic E-state index is 0. The first-order valence-corrected chi connectivity index (χ1v) is 7.99. The van der Waals surface area contributed by atoms with E-state index in [-0.39, 0.29) is 36.3 Å². The first kappa shape index (κ1) is 22.4. The number of rotatable bonds is 7. The van der Waals surface area contributed by atoms with E-state index in [0.717, 1.165) is 10.1 Å². The molecule has 0 saturated carbocycles. The number of imidazole rings is 1. The highest BCUT2D eigenvalue weighted by Crippen LogP contribution is 2.22. The van der Waals surface area contributed by atoms with Crippen LogP contribution in [-0.4, -0.2) is 36.2 Å². The Morgan fingerprint density at radius 3 is 2.77 bits per heavy atom. The van der Waals surface area contributed by atoms with Crippen LogP contribution in [0.3, 0.4) is 0 Å². The van der Waals surface area contributed by atoms with E-state index >= 15 is 0 Å². The third-order valence-corrected chi connectivity index (χ3v) is 3.90. The van der Waals surface area contributed by atoms with Crippen molar-refractivity contribution in [2.45, 2.75) is 19.5 Å². The largest absolute Gasteiger partial charge is 0.497 e. The fraction of sp³-hybridized carbons (Fsp3) is 0.375. The first-order valence-electron chi connectivity index (χ1n) is 7.62. The zero-order valence-electron chi connectivity index (χ0n) is 14.4. The molecule has 0 fully saturated rings. The third kappa shape index (κ3) is 6.27. The Kier molecular flexibility index (Phi) is 9.63. The molecular formula is C16H21ClF2IN5O. The van der Waals surface area contributed by atoms with Gasteiger partial charge in [-0.3, -0.25) is 9.56 Å². The van der Waals surface area contributed by atoms with Crippen LogP contribution in [-0.2, 0) is 13.0 Å². The van der Waals surface area contributed by atoms with Crippen LogP contribution < -0.4 is 15.4 Å². The number of hydrogen-bond donors (Lipinski definition) is 2. The van der Waals surface area contributed by atoms with Crippen molar-refractivity contribution < 1.29 is 13.5 Å². The molecule has 0 spiro atoms. The van der Waals surface area contributed by atoms with Gasteiger partial charge in [0.25, 0.3) is 0 Å². The standard InChI is InChI=1S/C16H20ClF2N5O.HI/c1-20-16(23-10-14-21-7-8-24(14)15(18)19)22-6-5-11-3-4-12(25-2)9-13(11)17;/h3-4,7-9,15H,5-6,10H2,1-2H3,(H2,20,22,23);1H. The first-order chi connectivity index (χ1) is 12.0. The lowest BCUT2D eigenvalue weighted by Crippen LogP contribution is -2.38. The molecule has 0 aliphatic carbocycles. The Balaban J connectivity index is 0.00000338. The van der Waals surface area contributed by atoms with Gasteiger partial charge in [-0.15, -0.1) is 24.0 Å². The Bertz CT molecular complexity index is 726. The van der Waals surface area contributed by atoms with Crippen LogP contribution >= 0.6 is 35.6 Å². The number of halogens is 4. The van der Waals surface area contributed by atoms with Gasteiger partial charge in [0, 0.05) is 31.0 Å². The zero-order valence-corrected chi connectivity index (χ0v) is 17.5. The highest BCUT2D eigenvalue weighted by Gasteiger charge is 2.11. The molecule has 144 valence electrons. The summed E-state index contributed by atoms with van der Waals surface area (Å²) in [5.74, 6) is 1.43. The summed E-state index contributed by atoms with van der Waals surface area (Å²) in [7, 11) is 3.19. The van der Waals surface area contributed by atoms with Crippen molar-refractivity contribution in [1.29, 1.82) is 0 Å². The van der Waals surface area contributed by atoms with Crippen molar-refractivity contribution in [3.63, 3.8) is 0 Å². The number of nitrogens with zero attached hydrogens (tertiary/aromatic N) is 3. The molecule has 10 heteroatoms. The molecule has 6 nitrogen and oxygen atoms in total. The van der Waals surface area contributed by atoms with Gasteiger partial charge >= 0.3 is 6.55 Å². The minimum atomic E-state index is -2.62. The molecule has 0 unspecified atom stereocenters. The Morgan fingerprint density at radius 2 is 2.15 bits per heavy atom. The number of nitrogens with one attached hydrogen (secondary N) is 2. The van der Waals surface area contributed by atoms with Crippen molar-refractivity contribution in [3.05, 3.63) is 47.0 Å². The predicted octanol–water partition coefficient (Wildman–Crippen LogP) is 3.47. The van der Waals surface area contributed by atoms with Crippen LogP contribution in [0.5, 0.6) is 5.75 Å². The molecule has 0 aliphatic heterocycles. The van der Waals surface area contributed by atoms with Crippen LogP contribution in [0.25, 0.3) is 0 Å². The molecule has 26 heavy (non-hydrogen) atoms. The zero-order chi connectivity index (χ0) is 18.2. The monoisotopic (exact) mass is 499 g/mol. The van der Waals surface area contributed by atoms with Crippen molar-refractivity contribution in [2.24, 2.45) is 4.99 Å². The van der Waals surface area contributed by atoms with Gasteiger partial charge in [0.05, 0.1) is 13.7 Å². The number of guanidine groups is 1. The highest BCUT2D eigenvalue weighted by molar-refractivity contribution is 14.0. The van der Waals surface area contributed by atoms with Gasteiger partial charge in [-0.1, -0.05) is 17.7 Å². The molecule has 1 heterocycles. The summed E-state index contributed by atoms with van der Waals surface area (Å²) in [6.45, 7) is -1.90. The summed E-state index contributed by atoms with van der Waals surface area (Å²) >= 11 is 6.20. The fourth-order valence-electron chi connectivity index (χ4n) is 2.22. The van der Waals surface area contributed by atoms with E-state index in [0.29, 0.717) is 29.7 Å². The van der Waals surface area contributed by atoms with E-state index < -0.39 is 6.55 Å². The molecule has 2 aromatic rings. The number of alkyl halides is 2. The lowest BCUT2D eigenvalue weighted by atomic mass is 10.1. The molecule has 2 rings (SSSR count). The number of hydrogen-bond acceptors (Lipinski definition) is 3. The summed E-state index contributed by atoms with van der Waals surface area (Å²) in [5, 5.41) is 6.69. The van der Waals surface area contributed by atoms with Gasteiger partial charge in [-0.25, -0.2) is 4.98 Å². The number of aliphatic imine (C=N–C) groups is 1. The van der Waals surface area contributed by atoms with Crippen LogP contribution in [0.1, 0.15) is 17.9 Å². The topological polar surface area (TPSA) is 63.5 Å². The van der Waals surface area contributed by atoms with Crippen molar-refractivity contribution >= 4 is 41.5 Å². The molecule has 1 aromatic heterocycles. The number of benzene rings is 1. The lowest BCUT2D eigenvalue weighted by Gasteiger charge is -2.13. The quantitative estimate of drug-likeness (QED) is 0.348. The summed E-state index contributed by atoms with van der Waals surface area (Å²) in [4.78, 5) is 7.97. The average Bonchev–Trinajstić information content (AvgIpc) is 3.08. The van der Waals surface area contributed by atoms with Gasteiger partial charge < -0.3 is 15.4 Å². The van der Waals surface area contributed by atoms with Crippen LogP contribution in [0, 0.1) is 0 Å². The Hall–Kier alpha value is -1.62. The number of methoxy groups -OCH3 is 1. The van der Waals surface area contributed by atoms with Crippen molar-refractivity contribution in [1.82, 2.24) is 20.2 Å². The minimum Gasteiger partial charge on any atom is -0.497 e. The second-order valence-electron chi connectivity index (χ2n) is 5.09. The number of ether oxygens (including phenoxy) is 1. The SMILES string of the molecule is CN=C(NCCc1ccc(OC)cc1Cl)NCc1nccn1C(F)F.I. The molecule has 0 aliphatic rings. The summed E-state index contributed by atoms with van der Waals surface area (Å²) < 4.78 is 31.5. The smallest absolute Gasteiger partial charge is 0.319 e. The lowest BCUT2D eigenvalue weighted by molar-refractivity contribution is 0.0668. The number of aromatic nitrogens is 2. The van der Waals surface area contributed by atoms with E-state index in [9.17, 15) is 8.78 Å². The molecule has 0 atom stereocenters. The molecule has 0 bridgehead atoms. The molecule has 0 amide bonds. The van der Waals surface area contributed by atoms with E-state index in [4.69, 9.17) is 16.3 Å². The molecule has 0 saturated heterocycles. The van der Waals surface area contributed by atoms with Gasteiger partial charge in [0.2, 0.25) is 0 Å². The second-order valence-corrected chi connectivity index (χ2v) is 5.50. The van der Waals surface area contributed by atoms with Crippen molar-refractivity contribution in [3.8, 4) is 5.75 Å². The van der Waals surface area contributed by atoms with Gasteiger partial charge in [-0.2, -0.15) is 8.78 Å².